The molecule has 2 N–H and O–H groups in total. The van der Waals surface area contributed by atoms with Gasteiger partial charge in [-0.2, -0.15) is 12.6 Å². The van der Waals surface area contributed by atoms with Gasteiger partial charge in [0.2, 0.25) is 5.91 Å². The Morgan fingerprint density at radius 3 is 2.32 bits per heavy atom. The van der Waals surface area contributed by atoms with Crippen LogP contribution < -0.4 is 10.1 Å². The van der Waals surface area contributed by atoms with Crippen LogP contribution in [0.4, 0.5) is 0 Å². The molecule has 2 aromatic carbocycles. The molecule has 5 nitrogen and oxygen atoms in total. The molecule has 6 heteroatoms. The van der Waals surface area contributed by atoms with E-state index < -0.39 is 12.0 Å². The monoisotopic (exact) mass is 359 g/mol. The van der Waals surface area contributed by atoms with Gasteiger partial charge in [0.1, 0.15) is 18.4 Å². The second-order valence-corrected chi connectivity index (χ2v) is 6.00. The number of carboxylic acid groups (broad SMARTS) is 1. The Morgan fingerprint density at radius 1 is 1.04 bits per heavy atom. The molecule has 1 amide bonds. The molecule has 132 valence electrons. The van der Waals surface area contributed by atoms with E-state index in [-0.39, 0.29) is 18.7 Å². The first-order chi connectivity index (χ1) is 12.1. The van der Waals surface area contributed by atoms with E-state index in [4.69, 9.17) is 4.74 Å². The average molecular weight is 359 g/mol. The molecule has 0 saturated heterocycles. The van der Waals surface area contributed by atoms with Crippen molar-refractivity contribution >= 4 is 24.5 Å². The topological polar surface area (TPSA) is 75.6 Å². The standard InChI is InChI=1S/C19H21NO4S/c21-18(10-11-25)20-17(19(22)23)12-14-6-8-16(9-7-14)24-13-15-4-2-1-3-5-15/h1-9,17,25H,10-13H2,(H,20,21)(H,22,23)/t17-/m0/s1. The number of aliphatic carboxylic acids is 1. The first-order valence-corrected chi connectivity index (χ1v) is 8.60. The smallest absolute Gasteiger partial charge is 0.326 e. The highest BCUT2D eigenvalue weighted by molar-refractivity contribution is 7.80. The third kappa shape index (κ3) is 6.51. The highest BCUT2D eigenvalue weighted by atomic mass is 32.1. The van der Waals surface area contributed by atoms with Crippen LogP contribution in [0, 0.1) is 0 Å². The molecule has 0 aromatic heterocycles. The van der Waals surface area contributed by atoms with Crippen LogP contribution in [0.2, 0.25) is 0 Å². The van der Waals surface area contributed by atoms with Gasteiger partial charge in [-0.05, 0) is 29.0 Å². The Bertz CT molecular complexity index is 688. The molecule has 2 rings (SSSR count). The zero-order valence-corrected chi connectivity index (χ0v) is 14.6. The second-order valence-electron chi connectivity index (χ2n) is 5.55. The zero-order chi connectivity index (χ0) is 18.1. The number of amides is 1. The van der Waals surface area contributed by atoms with Gasteiger partial charge < -0.3 is 15.2 Å². The number of hydrogen-bond acceptors (Lipinski definition) is 4. The van der Waals surface area contributed by atoms with E-state index in [1.54, 1.807) is 24.3 Å². The summed E-state index contributed by atoms with van der Waals surface area (Å²) in [5.41, 5.74) is 1.88. The van der Waals surface area contributed by atoms with Gasteiger partial charge in [0.05, 0.1) is 0 Å². The van der Waals surface area contributed by atoms with Gasteiger partial charge in [-0.1, -0.05) is 42.5 Å². The number of benzene rings is 2. The van der Waals surface area contributed by atoms with E-state index in [9.17, 15) is 14.7 Å². The maximum Gasteiger partial charge on any atom is 0.326 e. The molecule has 0 aliphatic carbocycles. The van der Waals surface area contributed by atoms with Crippen LogP contribution >= 0.6 is 12.6 Å². The zero-order valence-electron chi connectivity index (χ0n) is 13.7. The number of carboxylic acids is 1. The summed E-state index contributed by atoms with van der Waals surface area (Å²) in [6, 6.07) is 16.1. The molecular weight excluding hydrogens is 338 g/mol. The average Bonchev–Trinajstić information content (AvgIpc) is 2.61. The molecule has 0 heterocycles. The number of rotatable bonds is 9. The van der Waals surface area contributed by atoms with Crippen molar-refractivity contribution in [3.63, 3.8) is 0 Å². The summed E-state index contributed by atoms with van der Waals surface area (Å²) in [4.78, 5) is 22.9. The van der Waals surface area contributed by atoms with Crippen LogP contribution in [0.25, 0.3) is 0 Å². The molecule has 2 aromatic rings. The number of carbonyl (C=O) groups is 2. The third-order valence-electron chi connectivity index (χ3n) is 3.58. The van der Waals surface area contributed by atoms with Crippen molar-refractivity contribution in [1.82, 2.24) is 5.32 Å². The maximum absolute atomic E-state index is 11.6. The minimum Gasteiger partial charge on any atom is -0.489 e. The summed E-state index contributed by atoms with van der Waals surface area (Å²) in [5.74, 6) is -0.285. The first kappa shape index (κ1) is 18.9. The van der Waals surface area contributed by atoms with Crippen LogP contribution in [-0.2, 0) is 22.6 Å². The molecular formula is C19H21NO4S. The van der Waals surface area contributed by atoms with Crippen LogP contribution in [0.5, 0.6) is 5.75 Å². The van der Waals surface area contributed by atoms with Crippen molar-refractivity contribution in [2.75, 3.05) is 5.75 Å². The second kappa shape index (κ2) is 9.74. The number of ether oxygens (including phenoxy) is 1. The molecule has 0 aliphatic rings. The van der Waals surface area contributed by atoms with Crippen molar-refractivity contribution in [2.24, 2.45) is 0 Å². The number of thiol groups is 1. The predicted octanol–water partition coefficient (Wildman–Crippen LogP) is 2.70. The van der Waals surface area contributed by atoms with E-state index in [0.29, 0.717) is 18.1 Å². The van der Waals surface area contributed by atoms with E-state index >= 15 is 0 Å². The summed E-state index contributed by atoms with van der Waals surface area (Å²) < 4.78 is 5.70. The van der Waals surface area contributed by atoms with Gasteiger partial charge in [0.15, 0.2) is 0 Å². The van der Waals surface area contributed by atoms with Crippen molar-refractivity contribution in [1.29, 1.82) is 0 Å². The fourth-order valence-electron chi connectivity index (χ4n) is 2.27. The Morgan fingerprint density at radius 2 is 1.72 bits per heavy atom. The minimum atomic E-state index is -1.06. The van der Waals surface area contributed by atoms with Crippen molar-refractivity contribution < 1.29 is 19.4 Å². The van der Waals surface area contributed by atoms with Gasteiger partial charge in [-0.25, -0.2) is 4.79 Å². The summed E-state index contributed by atoms with van der Waals surface area (Å²) >= 11 is 3.97. The Hall–Kier alpha value is -2.47. The molecule has 0 aliphatic heterocycles. The lowest BCUT2D eigenvalue weighted by Crippen LogP contribution is -2.42. The van der Waals surface area contributed by atoms with Crippen LogP contribution in [0.3, 0.4) is 0 Å². The fourth-order valence-corrected chi connectivity index (χ4v) is 2.47. The molecule has 0 saturated carbocycles. The van der Waals surface area contributed by atoms with Gasteiger partial charge >= 0.3 is 5.97 Å². The largest absolute Gasteiger partial charge is 0.489 e. The van der Waals surface area contributed by atoms with Crippen LogP contribution in [0.1, 0.15) is 17.5 Å². The Labute approximate surface area is 152 Å². The molecule has 0 bridgehead atoms. The minimum absolute atomic E-state index is 0.194. The van der Waals surface area contributed by atoms with E-state index in [1.807, 2.05) is 30.3 Å². The van der Waals surface area contributed by atoms with Crippen LogP contribution in [-0.4, -0.2) is 28.8 Å². The van der Waals surface area contributed by atoms with Crippen molar-refractivity contribution in [2.45, 2.75) is 25.5 Å². The van der Waals surface area contributed by atoms with Gasteiger partial charge in [0, 0.05) is 12.8 Å². The number of carbonyl (C=O) groups excluding carboxylic acids is 1. The number of nitrogens with one attached hydrogen (secondary N) is 1. The highest BCUT2D eigenvalue weighted by Crippen LogP contribution is 2.15. The molecule has 1 atom stereocenters. The van der Waals surface area contributed by atoms with E-state index in [0.717, 1.165) is 11.1 Å². The Balaban J connectivity index is 1.91. The van der Waals surface area contributed by atoms with Crippen molar-refractivity contribution in [3.05, 3.63) is 65.7 Å². The van der Waals surface area contributed by atoms with E-state index in [1.165, 1.54) is 0 Å². The third-order valence-corrected chi connectivity index (χ3v) is 3.81. The molecule has 25 heavy (non-hydrogen) atoms. The Kier molecular flexibility index (Phi) is 7.35. The lowest BCUT2D eigenvalue weighted by molar-refractivity contribution is -0.141. The molecule has 0 fully saturated rings. The molecule has 0 radical (unpaired) electrons. The number of hydrogen-bond donors (Lipinski definition) is 3. The normalized spacial score (nSPS) is 11.6. The highest BCUT2D eigenvalue weighted by Gasteiger charge is 2.20. The SMILES string of the molecule is O=C(CCS)N[C@@H](Cc1ccc(OCc2ccccc2)cc1)C(=O)O. The van der Waals surface area contributed by atoms with Gasteiger partial charge in [-0.3, -0.25) is 4.79 Å². The van der Waals surface area contributed by atoms with Crippen LogP contribution in [0.15, 0.2) is 54.6 Å². The van der Waals surface area contributed by atoms with E-state index in [2.05, 4.69) is 17.9 Å². The first-order valence-electron chi connectivity index (χ1n) is 7.97. The summed E-state index contributed by atoms with van der Waals surface area (Å²) in [7, 11) is 0. The quantitative estimate of drug-likeness (QED) is 0.602. The predicted molar refractivity (Wildman–Crippen MR) is 99.0 cm³/mol. The lowest BCUT2D eigenvalue weighted by Gasteiger charge is -2.15. The molecule has 0 spiro atoms. The lowest BCUT2D eigenvalue weighted by atomic mass is 10.1. The molecule has 0 unspecified atom stereocenters. The summed E-state index contributed by atoms with van der Waals surface area (Å²) in [6.45, 7) is 0.470. The van der Waals surface area contributed by atoms with Crippen molar-refractivity contribution in [3.8, 4) is 5.75 Å². The van der Waals surface area contributed by atoms with Gasteiger partial charge in [-0.15, -0.1) is 0 Å². The van der Waals surface area contributed by atoms with Gasteiger partial charge in [0.25, 0.3) is 0 Å². The summed E-state index contributed by atoms with van der Waals surface area (Å²) in [5, 5.41) is 11.8. The maximum atomic E-state index is 11.6. The summed E-state index contributed by atoms with van der Waals surface area (Å²) in [6.07, 6.45) is 0.408. The fraction of sp³-hybridized carbons (Fsp3) is 0.263.